The first kappa shape index (κ1) is 54.5. The number of hydrogen-bond acceptors (Lipinski definition) is 14. The fourth-order valence-electron chi connectivity index (χ4n) is 15.1. The predicted octanol–water partition coefficient (Wildman–Crippen LogP) is 8.74. The van der Waals surface area contributed by atoms with Gasteiger partial charge in [0.05, 0.1) is 29.0 Å². The van der Waals surface area contributed by atoms with Gasteiger partial charge in [-0.3, -0.25) is 24.1 Å². The number of ether oxygens (including phenoxy) is 3. The first-order valence-electron chi connectivity index (χ1n) is 28.8. The normalized spacial score (nSPS) is 26.2. The molecule has 0 bridgehead atoms. The number of carbonyl (C=O) groups excluding carboxylic acids is 5. The number of benzene rings is 2. The van der Waals surface area contributed by atoms with Gasteiger partial charge in [-0.2, -0.15) is 0 Å². The van der Waals surface area contributed by atoms with Gasteiger partial charge in [-0.15, -0.1) is 0 Å². The zero-order chi connectivity index (χ0) is 55.7. The number of cyclic esters (lactones) is 1. The van der Waals surface area contributed by atoms with E-state index in [0.29, 0.717) is 61.6 Å². The zero-order valence-electron chi connectivity index (χ0n) is 47.1. The molecule has 4 aliphatic carbocycles. The molecular weight excluding hydrogens is 1000 g/mol. The van der Waals surface area contributed by atoms with Crippen molar-refractivity contribution in [3.63, 3.8) is 0 Å². The first-order valence-corrected chi connectivity index (χ1v) is 28.8. The van der Waals surface area contributed by atoms with Crippen LogP contribution in [0, 0.1) is 17.3 Å². The van der Waals surface area contributed by atoms with Crippen LogP contribution in [0.15, 0.2) is 76.1 Å². The van der Waals surface area contributed by atoms with Gasteiger partial charge in [-0.05, 0) is 156 Å². The number of nitrogens with zero attached hydrogens (tertiary/aromatic N) is 6. The molecule has 16 heteroatoms. The van der Waals surface area contributed by atoms with Crippen molar-refractivity contribution in [3.8, 4) is 17.1 Å². The average Bonchev–Trinajstić information content (AvgIpc) is 4.20. The highest BCUT2D eigenvalue weighted by atomic mass is 16.6. The Kier molecular flexibility index (Phi) is 14.6. The number of piperazine rings is 1. The third kappa shape index (κ3) is 9.52. The molecule has 1 saturated heterocycles. The maximum absolute atomic E-state index is 13.8. The summed E-state index contributed by atoms with van der Waals surface area (Å²) in [5, 5.41) is 12.1. The van der Waals surface area contributed by atoms with Gasteiger partial charge in [0, 0.05) is 98.8 Å². The first-order chi connectivity index (χ1) is 37.8. The van der Waals surface area contributed by atoms with Crippen LogP contribution >= 0.6 is 0 Å². The molecule has 1 N–H and O–H groups in total. The SMILES string of the molecule is CC[C@@]1(O)C(=O)OCc2c1cc1n(c2=O)Cc2cc3c(CN(C)C)c(OC(=O)N4CCN(CCCCCCN(C)c5ccc([C@H]6C[C@@]7(C)[C@@H](CC[C@]7(OC(C)=O)C(C)=O)[C@@H]7CCC8=CC(=O)CCC8=C76)cc5)CC4)ccc3nc2-1. The molecule has 3 aliphatic heterocycles. The Balaban J connectivity index is 0.674. The lowest BCUT2D eigenvalue weighted by atomic mass is 9.50. The summed E-state index contributed by atoms with van der Waals surface area (Å²) in [6.45, 7) is 12.1. The number of rotatable bonds is 15. The number of fused-ring (bicyclic) bond motifs is 9. The number of aliphatic hydroxyl groups is 1. The second-order valence-corrected chi connectivity index (χ2v) is 24.1. The lowest BCUT2D eigenvalue weighted by molar-refractivity contribution is -0.182. The minimum absolute atomic E-state index is 0.0578. The van der Waals surface area contributed by atoms with Crippen molar-refractivity contribution in [2.24, 2.45) is 17.3 Å². The largest absolute Gasteiger partial charge is 0.458 e. The standard InChI is InChI=1S/C63H76N6O10/c1-8-62(76)52-33-54-57-42(35-69(54)58(73)50(52)37-77-59(62)74)32-47-49(36-65(5)6)55(22-21-53(47)64-57)78-60(75)68-29-27-67(28-30-68)26-12-10-9-11-25-66(7)43-16-13-40(14-17-43)48-34-61(4)51(23-24-63(61,38(2)70)79-39(3)71)46-19-15-41-31-44(72)18-20-45(41)56(46)48/h13-14,16-17,21-22,31-33,46,48,51,76H,8-12,15,18-20,23-30,34-37H2,1-7H3/t46-,48+,51-,61-,62-,63-/m0/s1. The van der Waals surface area contributed by atoms with E-state index < -0.39 is 28.6 Å². The lowest BCUT2D eigenvalue weighted by Crippen LogP contribution is -2.57. The number of pyridine rings is 2. The van der Waals surface area contributed by atoms with E-state index in [0.717, 1.165) is 99.7 Å². The molecule has 11 rings (SSSR count). The Morgan fingerprint density at radius 1 is 0.911 bits per heavy atom. The number of amides is 1. The molecule has 2 saturated carbocycles. The van der Waals surface area contributed by atoms with Gasteiger partial charge in [-0.1, -0.05) is 44.4 Å². The summed E-state index contributed by atoms with van der Waals surface area (Å²) >= 11 is 0. The number of carbonyl (C=O) groups is 5. The second kappa shape index (κ2) is 21.2. The monoisotopic (exact) mass is 1080 g/mol. The van der Waals surface area contributed by atoms with E-state index in [2.05, 4.69) is 48.0 Å². The maximum atomic E-state index is 13.8. The van der Waals surface area contributed by atoms with Crippen LogP contribution in [0.1, 0.15) is 138 Å². The van der Waals surface area contributed by atoms with Crippen LogP contribution in [0.4, 0.5) is 10.5 Å². The molecule has 3 fully saturated rings. The fourth-order valence-corrected chi connectivity index (χ4v) is 15.1. The molecule has 2 aromatic heterocycles. The molecule has 6 atom stereocenters. The fraction of sp³-hybridized carbons (Fsp3) is 0.540. The highest BCUT2D eigenvalue weighted by Gasteiger charge is 2.67. The Morgan fingerprint density at radius 3 is 2.39 bits per heavy atom. The predicted molar refractivity (Wildman–Crippen MR) is 300 cm³/mol. The molecule has 418 valence electrons. The van der Waals surface area contributed by atoms with E-state index in [1.165, 1.54) is 29.2 Å². The van der Waals surface area contributed by atoms with Crippen molar-refractivity contribution in [1.82, 2.24) is 24.3 Å². The molecule has 0 spiro atoms. The summed E-state index contributed by atoms with van der Waals surface area (Å²) < 4.78 is 19.2. The van der Waals surface area contributed by atoms with Crippen molar-refractivity contribution in [3.05, 3.63) is 109 Å². The summed E-state index contributed by atoms with van der Waals surface area (Å²) in [5.41, 5.74) is 6.52. The number of anilines is 1. The van der Waals surface area contributed by atoms with Crippen LogP contribution in [-0.4, -0.2) is 125 Å². The number of aromatic nitrogens is 2. The summed E-state index contributed by atoms with van der Waals surface area (Å²) in [5.74, 6) is 0.00779. The van der Waals surface area contributed by atoms with Crippen LogP contribution in [0.5, 0.6) is 5.75 Å². The van der Waals surface area contributed by atoms with Gasteiger partial charge >= 0.3 is 18.0 Å². The van der Waals surface area contributed by atoms with Gasteiger partial charge < -0.3 is 38.6 Å². The number of Topliss-reactive ketones (excluding diaryl/α,β-unsaturated/α-hetero) is 1. The maximum Gasteiger partial charge on any atom is 0.415 e. The molecule has 1 amide bonds. The van der Waals surface area contributed by atoms with E-state index in [1.807, 2.05) is 37.2 Å². The van der Waals surface area contributed by atoms with Gasteiger partial charge in [0.1, 0.15) is 12.4 Å². The minimum Gasteiger partial charge on any atom is -0.458 e. The Labute approximate surface area is 462 Å². The van der Waals surface area contributed by atoms with Gasteiger partial charge in [0.15, 0.2) is 22.8 Å². The Hall–Kier alpha value is -6.49. The van der Waals surface area contributed by atoms with Gasteiger partial charge in [0.2, 0.25) is 0 Å². The zero-order valence-corrected chi connectivity index (χ0v) is 47.1. The van der Waals surface area contributed by atoms with E-state index in [9.17, 15) is 33.9 Å². The smallest absolute Gasteiger partial charge is 0.415 e. The number of allylic oxidation sites excluding steroid dienone is 4. The second-order valence-electron chi connectivity index (χ2n) is 24.1. The molecular formula is C63H76N6O10. The molecule has 16 nitrogen and oxygen atoms in total. The van der Waals surface area contributed by atoms with E-state index in [1.54, 1.807) is 35.4 Å². The molecule has 5 heterocycles. The van der Waals surface area contributed by atoms with E-state index in [4.69, 9.17) is 19.2 Å². The minimum atomic E-state index is -1.91. The van der Waals surface area contributed by atoms with E-state index >= 15 is 0 Å². The van der Waals surface area contributed by atoms with Gasteiger partial charge in [-0.25, -0.2) is 14.6 Å². The van der Waals surface area contributed by atoms with Crippen molar-refractivity contribution in [2.75, 3.05) is 65.3 Å². The van der Waals surface area contributed by atoms with Crippen LogP contribution in [0.25, 0.3) is 22.3 Å². The van der Waals surface area contributed by atoms with Crippen molar-refractivity contribution in [2.45, 2.75) is 142 Å². The highest BCUT2D eigenvalue weighted by molar-refractivity contribution is 5.93. The molecule has 0 unspecified atom stereocenters. The molecule has 2 aromatic carbocycles. The number of ketones is 2. The average molecular weight is 1080 g/mol. The summed E-state index contributed by atoms with van der Waals surface area (Å²) in [6.07, 6.45) is 11.2. The third-order valence-corrected chi connectivity index (χ3v) is 19.3. The van der Waals surface area contributed by atoms with Crippen LogP contribution in [0.3, 0.4) is 0 Å². The van der Waals surface area contributed by atoms with E-state index in [-0.39, 0.29) is 71.7 Å². The van der Waals surface area contributed by atoms with Gasteiger partial charge in [0.25, 0.3) is 5.56 Å². The van der Waals surface area contributed by atoms with Crippen molar-refractivity contribution in [1.29, 1.82) is 0 Å². The van der Waals surface area contributed by atoms with Crippen LogP contribution in [-0.2, 0) is 53.9 Å². The number of hydrogen-bond donors (Lipinski definition) is 1. The summed E-state index contributed by atoms with van der Waals surface area (Å²) in [4.78, 5) is 92.6. The molecule has 79 heavy (non-hydrogen) atoms. The molecule has 7 aliphatic rings. The summed E-state index contributed by atoms with van der Waals surface area (Å²) in [7, 11) is 6.07. The molecule has 4 aromatic rings. The lowest BCUT2D eigenvalue weighted by Gasteiger charge is -2.55. The third-order valence-electron chi connectivity index (χ3n) is 19.3. The topological polar surface area (TPSA) is 181 Å². The van der Waals surface area contributed by atoms with Crippen molar-refractivity contribution >= 4 is 46.2 Å². The summed E-state index contributed by atoms with van der Waals surface area (Å²) in [6, 6.07) is 16.3. The van der Waals surface area contributed by atoms with Crippen molar-refractivity contribution < 1.29 is 43.3 Å². The Bertz CT molecular complexity index is 3280. The van der Waals surface area contributed by atoms with Crippen LogP contribution in [0.2, 0.25) is 0 Å². The Morgan fingerprint density at radius 2 is 1.67 bits per heavy atom. The highest BCUT2D eigenvalue weighted by Crippen LogP contribution is 2.68. The number of esters is 2. The quantitative estimate of drug-likeness (QED) is 0.0776. The number of unbranched alkanes of at least 4 members (excludes halogenated alkanes) is 3. The van der Waals surface area contributed by atoms with Crippen LogP contribution < -0.4 is 15.2 Å². The molecule has 0 radical (unpaired) electrons.